The Morgan fingerprint density at radius 1 is 0.696 bits per heavy atom. The minimum atomic E-state index is -0.850. The molecule has 0 bridgehead atoms. The normalized spacial score (nSPS) is 10.3. The summed E-state index contributed by atoms with van der Waals surface area (Å²) in [6.07, 6.45) is 0. The second-order valence-electron chi connectivity index (χ2n) is 5.13. The number of halogens is 3. The van der Waals surface area contributed by atoms with Crippen molar-refractivity contribution >= 4 is 0 Å². The molecule has 3 rings (SSSR count). The van der Waals surface area contributed by atoms with Crippen LogP contribution in [-0.2, 0) is 32.7 Å². The third-order valence-corrected chi connectivity index (χ3v) is 3.47. The van der Waals surface area contributed by atoms with Crippen LogP contribution in [0.4, 0.5) is 13.2 Å². The fourth-order valence-corrected chi connectivity index (χ4v) is 2.33. The first kappa shape index (κ1) is 17.9. The smallest absolute Gasteiger partial charge is 0.129 e. The maximum atomic E-state index is 14.3. The predicted molar refractivity (Wildman–Crippen MR) is 80.8 cm³/mol. The van der Waals surface area contributed by atoms with Gasteiger partial charge in [-0.25, -0.2) is 13.2 Å². The van der Waals surface area contributed by atoms with Crippen LogP contribution in [0.2, 0.25) is 0 Å². The molecule has 0 nitrogen and oxygen atoms in total. The molecule has 0 aliphatic rings. The maximum absolute atomic E-state index is 14.3. The minimum Gasteiger partial charge on any atom is -0.236 e. The van der Waals surface area contributed by atoms with Gasteiger partial charge in [0.1, 0.15) is 5.82 Å². The summed E-state index contributed by atoms with van der Waals surface area (Å²) in [4.78, 5) is 0. The molecule has 0 atom stereocenters. The summed E-state index contributed by atoms with van der Waals surface area (Å²) < 4.78 is 40.7. The van der Waals surface area contributed by atoms with Crippen molar-refractivity contribution in [2.24, 2.45) is 0 Å². The molecule has 0 aliphatic carbocycles. The number of benzene rings is 3. The summed E-state index contributed by atoms with van der Waals surface area (Å²) in [5.74, 6) is -2.22. The first-order chi connectivity index (χ1) is 10.5. The van der Waals surface area contributed by atoms with Crippen LogP contribution in [0.5, 0.6) is 0 Å². The van der Waals surface area contributed by atoms with E-state index in [0.717, 1.165) is 23.3 Å². The molecule has 113 valence electrons. The minimum absolute atomic E-state index is 0. The van der Waals surface area contributed by atoms with E-state index in [9.17, 15) is 13.2 Å². The molecule has 0 unspecified atom stereocenters. The van der Waals surface area contributed by atoms with Gasteiger partial charge in [-0.15, -0.1) is 23.8 Å². The molecule has 0 N–H and O–H groups in total. The summed E-state index contributed by atoms with van der Waals surface area (Å²) in [6, 6.07) is 16.3. The third-order valence-electron chi connectivity index (χ3n) is 3.47. The van der Waals surface area contributed by atoms with Gasteiger partial charge in [0, 0.05) is 44.3 Å². The van der Waals surface area contributed by atoms with Crippen molar-refractivity contribution in [1.29, 1.82) is 0 Å². The molecule has 0 spiro atoms. The van der Waals surface area contributed by atoms with E-state index in [0.29, 0.717) is 5.56 Å². The van der Waals surface area contributed by atoms with Crippen molar-refractivity contribution in [1.82, 2.24) is 0 Å². The van der Waals surface area contributed by atoms with Gasteiger partial charge >= 0.3 is 0 Å². The van der Waals surface area contributed by atoms with Crippen molar-refractivity contribution < 1.29 is 45.9 Å². The van der Waals surface area contributed by atoms with Crippen LogP contribution in [0.3, 0.4) is 0 Å². The Morgan fingerprint density at radius 3 is 1.83 bits per heavy atom. The quantitative estimate of drug-likeness (QED) is 0.507. The zero-order valence-electron chi connectivity index (χ0n) is 12.4. The van der Waals surface area contributed by atoms with Gasteiger partial charge in [0.2, 0.25) is 0 Å². The van der Waals surface area contributed by atoms with Gasteiger partial charge < -0.3 is 0 Å². The van der Waals surface area contributed by atoms with Gasteiger partial charge in [-0.1, -0.05) is 42.0 Å². The molecule has 0 aliphatic heterocycles. The van der Waals surface area contributed by atoms with Gasteiger partial charge in [-0.2, -0.15) is 0 Å². The van der Waals surface area contributed by atoms with Gasteiger partial charge in [-0.05, 0) is 29.7 Å². The van der Waals surface area contributed by atoms with Gasteiger partial charge in [0.05, 0.1) is 0 Å². The Balaban J connectivity index is 0.00000192. The van der Waals surface area contributed by atoms with E-state index in [1.165, 1.54) is 12.1 Å². The molecule has 0 saturated carbocycles. The number of hydrogen-bond acceptors (Lipinski definition) is 0. The average Bonchev–Trinajstić information content (AvgIpc) is 2.46. The van der Waals surface area contributed by atoms with E-state index in [1.54, 1.807) is 6.07 Å². The van der Waals surface area contributed by atoms with E-state index in [2.05, 4.69) is 0 Å². The van der Waals surface area contributed by atoms with Crippen LogP contribution in [0, 0.1) is 30.4 Å². The second kappa shape index (κ2) is 7.42. The monoisotopic (exact) mass is 386 g/mol. The van der Waals surface area contributed by atoms with E-state index >= 15 is 0 Å². The van der Waals surface area contributed by atoms with Gasteiger partial charge in [-0.3, -0.25) is 0 Å². The summed E-state index contributed by atoms with van der Waals surface area (Å²) in [7, 11) is 0. The Hall–Kier alpha value is -1.45. The SMILES string of the molecule is Cc1ccc(-c2ccc(-c3cc(F)[c-]c(F)c3)c(F)c2)cc1.[Y]. The van der Waals surface area contributed by atoms with Crippen LogP contribution in [0.15, 0.2) is 54.6 Å². The van der Waals surface area contributed by atoms with Gasteiger partial charge in [0.25, 0.3) is 0 Å². The summed E-state index contributed by atoms with van der Waals surface area (Å²) in [6.45, 7) is 1.98. The Kier molecular flexibility index (Phi) is 5.77. The summed E-state index contributed by atoms with van der Waals surface area (Å²) in [5.41, 5.74) is 3.02. The molecule has 0 saturated heterocycles. The Bertz CT molecular complexity index is 806. The van der Waals surface area contributed by atoms with Crippen molar-refractivity contribution in [3.63, 3.8) is 0 Å². The van der Waals surface area contributed by atoms with Gasteiger partial charge in [0.15, 0.2) is 0 Å². The molecule has 23 heavy (non-hydrogen) atoms. The summed E-state index contributed by atoms with van der Waals surface area (Å²) >= 11 is 0. The maximum Gasteiger partial charge on any atom is 0.129 e. The Morgan fingerprint density at radius 2 is 1.26 bits per heavy atom. The molecule has 1 radical (unpaired) electrons. The Labute approximate surface area is 158 Å². The molecule has 0 heterocycles. The fraction of sp³-hybridized carbons (Fsp3) is 0.0526. The molecule has 0 amide bonds. The van der Waals surface area contributed by atoms with Crippen LogP contribution < -0.4 is 0 Å². The molecule has 4 heteroatoms. The molecule has 3 aromatic carbocycles. The van der Waals surface area contributed by atoms with Crippen molar-refractivity contribution in [3.05, 3.63) is 83.7 Å². The van der Waals surface area contributed by atoms with Crippen molar-refractivity contribution in [2.75, 3.05) is 0 Å². The topological polar surface area (TPSA) is 0 Å². The zero-order chi connectivity index (χ0) is 15.7. The molecule has 3 aromatic rings. The standard InChI is InChI=1S/C19H12F3.Y/c1-12-2-4-13(5-3-12)14-6-7-18(19(22)10-14)15-8-16(20)11-17(21)9-15;/h2-10H,1H3;/q-1;. The van der Waals surface area contributed by atoms with E-state index < -0.39 is 17.5 Å². The average molecular weight is 386 g/mol. The van der Waals surface area contributed by atoms with Crippen LogP contribution in [-0.4, -0.2) is 0 Å². The van der Waals surface area contributed by atoms with Crippen LogP contribution in [0.25, 0.3) is 22.3 Å². The van der Waals surface area contributed by atoms with Crippen LogP contribution in [0.1, 0.15) is 5.56 Å². The number of hydrogen-bond donors (Lipinski definition) is 0. The van der Waals surface area contributed by atoms with Crippen molar-refractivity contribution in [2.45, 2.75) is 6.92 Å². The van der Waals surface area contributed by atoms with E-state index in [4.69, 9.17) is 0 Å². The zero-order valence-corrected chi connectivity index (χ0v) is 15.2. The van der Waals surface area contributed by atoms with E-state index in [-0.39, 0.29) is 43.8 Å². The summed E-state index contributed by atoms with van der Waals surface area (Å²) in [5, 5.41) is 0. The number of rotatable bonds is 2. The van der Waals surface area contributed by atoms with E-state index in [1.807, 2.05) is 37.3 Å². The second-order valence-corrected chi connectivity index (χ2v) is 5.13. The number of aryl methyl sites for hydroxylation is 1. The largest absolute Gasteiger partial charge is 0.236 e. The molecule has 0 aromatic heterocycles. The van der Waals surface area contributed by atoms with Crippen LogP contribution >= 0.6 is 0 Å². The molecular formula is C19H12F3Y-. The van der Waals surface area contributed by atoms with Crippen molar-refractivity contribution in [3.8, 4) is 22.3 Å². The third kappa shape index (κ3) is 4.10. The predicted octanol–water partition coefficient (Wildman–Crippen LogP) is 5.54. The first-order valence-corrected chi connectivity index (χ1v) is 6.78. The molecule has 0 fully saturated rings. The molecular weight excluding hydrogens is 374 g/mol. The first-order valence-electron chi connectivity index (χ1n) is 6.78. The fourth-order valence-electron chi connectivity index (χ4n) is 2.33.